The molecule has 1 amide bonds. The van der Waals surface area contributed by atoms with Crippen molar-refractivity contribution in [2.45, 2.75) is 63.9 Å². The number of hydrogen-bond acceptors (Lipinski definition) is 2. The fourth-order valence-electron chi connectivity index (χ4n) is 2.77. The molecule has 2 aliphatic rings. The summed E-state index contributed by atoms with van der Waals surface area (Å²) in [4.78, 5) is 11.7. The second kappa shape index (κ2) is 5.38. The van der Waals surface area contributed by atoms with Crippen LogP contribution in [0.5, 0.6) is 0 Å². The number of aliphatic hydroxyl groups is 1. The predicted octanol–water partition coefficient (Wildman–Crippen LogP) is 2.23. The van der Waals surface area contributed by atoms with Crippen LogP contribution in [-0.2, 0) is 4.79 Å². The van der Waals surface area contributed by atoms with E-state index in [1.54, 1.807) is 0 Å². The van der Waals surface area contributed by atoms with Crippen LogP contribution < -0.4 is 5.32 Å². The molecule has 2 N–H and O–H groups in total. The van der Waals surface area contributed by atoms with Gasteiger partial charge in [0.05, 0.1) is 5.60 Å². The van der Waals surface area contributed by atoms with E-state index in [9.17, 15) is 9.90 Å². The third-order valence-electron chi connectivity index (χ3n) is 4.52. The molecule has 2 rings (SSSR count). The summed E-state index contributed by atoms with van der Waals surface area (Å²) in [6.07, 6.45) is 8.16. The zero-order chi connectivity index (χ0) is 12.3. The van der Waals surface area contributed by atoms with Crippen molar-refractivity contribution in [2.75, 3.05) is 6.54 Å². The molecule has 98 valence electrons. The lowest BCUT2D eigenvalue weighted by atomic mass is 9.79. The molecule has 0 aromatic heterocycles. The lowest BCUT2D eigenvalue weighted by Crippen LogP contribution is -2.45. The van der Waals surface area contributed by atoms with Gasteiger partial charge in [-0.3, -0.25) is 4.79 Å². The van der Waals surface area contributed by atoms with Gasteiger partial charge >= 0.3 is 0 Å². The van der Waals surface area contributed by atoms with Crippen molar-refractivity contribution >= 4 is 5.91 Å². The van der Waals surface area contributed by atoms with E-state index in [0.717, 1.165) is 31.6 Å². The Morgan fingerprint density at radius 2 is 1.94 bits per heavy atom. The predicted molar refractivity (Wildman–Crippen MR) is 67.5 cm³/mol. The average molecular weight is 239 g/mol. The minimum Gasteiger partial charge on any atom is -0.388 e. The molecule has 17 heavy (non-hydrogen) atoms. The van der Waals surface area contributed by atoms with Crippen molar-refractivity contribution in [1.82, 2.24) is 5.32 Å². The maximum Gasteiger partial charge on any atom is 0.220 e. The van der Waals surface area contributed by atoms with Crippen molar-refractivity contribution in [2.24, 2.45) is 11.8 Å². The highest BCUT2D eigenvalue weighted by molar-refractivity contribution is 5.76. The van der Waals surface area contributed by atoms with Crippen molar-refractivity contribution in [3.8, 4) is 0 Å². The van der Waals surface area contributed by atoms with Gasteiger partial charge in [0.15, 0.2) is 0 Å². The molecule has 0 atom stereocenters. The quantitative estimate of drug-likeness (QED) is 0.790. The van der Waals surface area contributed by atoms with Crippen molar-refractivity contribution in [1.29, 1.82) is 0 Å². The summed E-state index contributed by atoms with van der Waals surface area (Å²) in [6.45, 7) is 2.68. The Morgan fingerprint density at radius 3 is 2.47 bits per heavy atom. The van der Waals surface area contributed by atoms with Crippen molar-refractivity contribution in [3.05, 3.63) is 0 Å². The maximum atomic E-state index is 11.7. The van der Waals surface area contributed by atoms with Crippen LogP contribution in [0.15, 0.2) is 0 Å². The summed E-state index contributed by atoms with van der Waals surface area (Å²) >= 11 is 0. The van der Waals surface area contributed by atoms with Gasteiger partial charge in [0.1, 0.15) is 0 Å². The summed E-state index contributed by atoms with van der Waals surface area (Å²) in [7, 11) is 0. The van der Waals surface area contributed by atoms with E-state index in [0.29, 0.717) is 18.9 Å². The molecular formula is C14H25NO2. The van der Waals surface area contributed by atoms with Crippen LogP contribution in [0.1, 0.15) is 58.3 Å². The topological polar surface area (TPSA) is 49.3 Å². The normalized spacial score (nSPS) is 34.1. The monoisotopic (exact) mass is 239 g/mol. The first-order chi connectivity index (χ1) is 8.07. The van der Waals surface area contributed by atoms with E-state index < -0.39 is 5.60 Å². The smallest absolute Gasteiger partial charge is 0.220 e. The molecule has 0 aliphatic heterocycles. The molecule has 0 spiro atoms. The Labute approximate surface area is 104 Å². The maximum absolute atomic E-state index is 11.7. The molecule has 0 radical (unpaired) electrons. The van der Waals surface area contributed by atoms with E-state index >= 15 is 0 Å². The van der Waals surface area contributed by atoms with Gasteiger partial charge in [-0.15, -0.1) is 0 Å². The average Bonchev–Trinajstić information content (AvgIpc) is 2.26. The summed E-state index contributed by atoms with van der Waals surface area (Å²) in [5.74, 6) is 1.46. The highest BCUT2D eigenvalue weighted by Crippen LogP contribution is 2.32. The fourth-order valence-corrected chi connectivity index (χ4v) is 2.77. The number of carbonyl (C=O) groups excluding carboxylic acids is 1. The molecule has 0 saturated heterocycles. The van der Waals surface area contributed by atoms with E-state index in [4.69, 9.17) is 0 Å². The van der Waals surface area contributed by atoms with E-state index in [2.05, 4.69) is 12.2 Å². The summed E-state index contributed by atoms with van der Waals surface area (Å²) in [5, 5.41) is 13.2. The van der Waals surface area contributed by atoms with Gasteiger partial charge in [0.25, 0.3) is 0 Å². The van der Waals surface area contributed by atoms with Crippen LogP contribution in [0.3, 0.4) is 0 Å². The van der Waals surface area contributed by atoms with Crippen molar-refractivity contribution in [3.63, 3.8) is 0 Å². The zero-order valence-electron chi connectivity index (χ0n) is 10.9. The molecule has 0 bridgehead atoms. The number of rotatable bonds is 4. The third-order valence-corrected chi connectivity index (χ3v) is 4.52. The van der Waals surface area contributed by atoms with E-state index in [1.165, 1.54) is 19.3 Å². The highest BCUT2D eigenvalue weighted by atomic mass is 16.3. The third kappa shape index (κ3) is 3.70. The Bertz CT molecular complexity index is 265. The number of amides is 1. The first-order valence-electron chi connectivity index (χ1n) is 7.06. The van der Waals surface area contributed by atoms with Gasteiger partial charge in [-0.05, 0) is 50.4 Å². The SMILES string of the molecule is CC1CCC(O)(CNC(=O)CC2CCC2)CC1. The number of hydrogen-bond donors (Lipinski definition) is 2. The Morgan fingerprint density at radius 1 is 1.29 bits per heavy atom. The lowest BCUT2D eigenvalue weighted by molar-refractivity contribution is -0.124. The second-order valence-electron chi connectivity index (χ2n) is 6.18. The molecule has 2 aliphatic carbocycles. The summed E-state index contributed by atoms with van der Waals surface area (Å²) in [6, 6.07) is 0. The van der Waals surface area contributed by atoms with Crippen LogP contribution in [0.25, 0.3) is 0 Å². The van der Waals surface area contributed by atoms with Crippen LogP contribution in [0.2, 0.25) is 0 Å². The zero-order valence-corrected chi connectivity index (χ0v) is 10.9. The molecule has 3 heteroatoms. The summed E-state index contributed by atoms with van der Waals surface area (Å²) in [5.41, 5.74) is -0.637. The Hall–Kier alpha value is -0.570. The van der Waals surface area contributed by atoms with Crippen molar-refractivity contribution < 1.29 is 9.90 Å². The first-order valence-corrected chi connectivity index (χ1v) is 7.06. The van der Waals surface area contributed by atoms with Crippen LogP contribution >= 0.6 is 0 Å². The molecule has 2 saturated carbocycles. The second-order valence-corrected chi connectivity index (χ2v) is 6.18. The molecule has 0 aromatic carbocycles. The Kier molecular flexibility index (Phi) is 4.08. The minimum absolute atomic E-state index is 0.127. The fraction of sp³-hybridized carbons (Fsp3) is 0.929. The molecule has 0 unspecified atom stereocenters. The van der Waals surface area contributed by atoms with Gasteiger partial charge in [-0.2, -0.15) is 0 Å². The largest absolute Gasteiger partial charge is 0.388 e. The standard InChI is InChI=1S/C14H25NO2/c1-11-5-7-14(17,8-6-11)10-15-13(16)9-12-3-2-4-12/h11-12,17H,2-10H2,1H3,(H,15,16). The molecule has 0 aromatic rings. The Balaban J connectivity index is 1.67. The van der Waals surface area contributed by atoms with Gasteiger partial charge in [-0.1, -0.05) is 13.3 Å². The molecule has 0 heterocycles. The number of nitrogens with one attached hydrogen (secondary N) is 1. The number of carbonyl (C=O) groups is 1. The van der Waals surface area contributed by atoms with Gasteiger partial charge in [0.2, 0.25) is 5.91 Å². The van der Waals surface area contributed by atoms with E-state index in [-0.39, 0.29) is 5.91 Å². The molecular weight excluding hydrogens is 214 g/mol. The van der Waals surface area contributed by atoms with Gasteiger partial charge in [-0.25, -0.2) is 0 Å². The molecule has 2 fully saturated rings. The minimum atomic E-state index is -0.637. The summed E-state index contributed by atoms with van der Waals surface area (Å²) < 4.78 is 0. The lowest BCUT2D eigenvalue weighted by Gasteiger charge is -2.35. The van der Waals surface area contributed by atoms with Crippen LogP contribution in [0, 0.1) is 11.8 Å². The first kappa shape index (κ1) is 12.9. The van der Waals surface area contributed by atoms with Crippen LogP contribution in [0.4, 0.5) is 0 Å². The van der Waals surface area contributed by atoms with Crippen LogP contribution in [-0.4, -0.2) is 23.2 Å². The van der Waals surface area contributed by atoms with Gasteiger partial charge in [0, 0.05) is 13.0 Å². The van der Waals surface area contributed by atoms with Gasteiger partial charge < -0.3 is 10.4 Å². The molecule has 3 nitrogen and oxygen atoms in total. The van der Waals surface area contributed by atoms with E-state index in [1.807, 2.05) is 0 Å². The highest BCUT2D eigenvalue weighted by Gasteiger charge is 2.32.